The number of nitrogens with zero attached hydrogens (tertiary/aromatic N) is 1. The fraction of sp³-hybridized carbons (Fsp3) is 0.381. The fourth-order valence-electron chi connectivity index (χ4n) is 3.14. The first-order valence-corrected chi connectivity index (χ1v) is 10.0. The number of para-hydroxylation sites is 1. The van der Waals surface area contributed by atoms with Gasteiger partial charge in [0.05, 0.1) is 18.3 Å². The standard InChI is InChI=1S/C21H26N2O2S/c1-2-25-17-12-14-23(15-13-17)16-21(24)22-19-10-6-7-11-20(19)26-18-8-4-3-5-9-18/h3-11,17H,2,12-16H2,1H3,(H,22,24). The number of amides is 1. The number of ether oxygens (including phenoxy) is 1. The van der Waals surface area contributed by atoms with E-state index in [-0.39, 0.29) is 5.91 Å². The van der Waals surface area contributed by atoms with Crippen LogP contribution in [0.3, 0.4) is 0 Å². The Balaban J connectivity index is 1.55. The first kappa shape index (κ1) is 19.0. The van der Waals surface area contributed by atoms with Crippen LogP contribution in [0.1, 0.15) is 19.8 Å². The second-order valence-electron chi connectivity index (χ2n) is 6.39. The maximum absolute atomic E-state index is 12.5. The molecule has 4 nitrogen and oxygen atoms in total. The lowest BCUT2D eigenvalue weighted by molar-refractivity contribution is -0.118. The van der Waals surface area contributed by atoms with Crippen LogP contribution < -0.4 is 5.32 Å². The van der Waals surface area contributed by atoms with Crippen molar-refractivity contribution in [1.82, 2.24) is 4.90 Å². The molecule has 5 heteroatoms. The molecule has 0 atom stereocenters. The maximum atomic E-state index is 12.5. The van der Waals surface area contributed by atoms with E-state index in [1.54, 1.807) is 11.8 Å². The highest BCUT2D eigenvalue weighted by atomic mass is 32.2. The Morgan fingerprint density at radius 2 is 1.81 bits per heavy atom. The van der Waals surface area contributed by atoms with Gasteiger partial charge in [0.2, 0.25) is 5.91 Å². The number of rotatable bonds is 7. The Bertz CT molecular complexity index is 700. The van der Waals surface area contributed by atoms with Gasteiger partial charge in [-0.25, -0.2) is 0 Å². The number of piperidine rings is 1. The minimum atomic E-state index is 0.0426. The van der Waals surface area contributed by atoms with E-state index in [4.69, 9.17) is 4.74 Å². The maximum Gasteiger partial charge on any atom is 0.238 e. The number of benzene rings is 2. The zero-order valence-electron chi connectivity index (χ0n) is 15.2. The molecule has 26 heavy (non-hydrogen) atoms. The molecule has 2 aromatic carbocycles. The highest BCUT2D eigenvalue weighted by Crippen LogP contribution is 2.33. The summed E-state index contributed by atoms with van der Waals surface area (Å²) in [7, 11) is 0. The normalized spacial score (nSPS) is 15.7. The van der Waals surface area contributed by atoms with Crippen LogP contribution in [0.5, 0.6) is 0 Å². The summed E-state index contributed by atoms with van der Waals surface area (Å²) >= 11 is 1.66. The molecule has 0 bridgehead atoms. The van der Waals surface area contributed by atoms with Crippen molar-refractivity contribution in [1.29, 1.82) is 0 Å². The number of carbonyl (C=O) groups excluding carboxylic acids is 1. The van der Waals surface area contributed by atoms with Gasteiger partial charge in [-0.15, -0.1) is 0 Å². The Labute approximate surface area is 159 Å². The van der Waals surface area contributed by atoms with Crippen LogP contribution in [0.25, 0.3) is 0 Å². The quantitative estimate of drug-likeness (QED) is 0.790. The molecule has 0 saturated carbocycles. The smallest absolute Gasteiger partial charge is 0.238 e. The number of nitrogens with one attached hydrogen (secondary N) is 1. The molecular weight excluding hydrogens is 344 g/mol. The molecule has 1 heterocycles. The van der Waals surface area contributed by atoms with Gasteiger partial charge in [0.25, 0.3) is 0 Å². The Morgan fingerprint density at radius 1 is 1.12 bits per heavy atom. The van der Waals surface area contributed by atoms with Crippen LogP contribution >= 0.6 is 11.8 Å². The van der Waals surface area contributed by atoms with Gasteiger partial charge < -0.3 is 10.1 Å². The summed E-state index contributed by atoms with van der Waals surface area (Å²) in [5.74, 6) is 0.0426. The van der Waals surface area contributed by atoms with Gasteiger partial charge in [0, 0.05) is 29.5 Å². The first-order chi connectivity index (χ1) is 12.7. The third-order valence-corrected chi connectivity index (χ3v) is 5.52. The zero-order chi connectivity index (χ0) is 18.2. The fourth-order valence-corrected chi connectivity index (χ4v) is 4.06. The van der Waals surface area contributed by atoms with Crippen molar-refractivity contribution in [2.75, 3.05) is 31.6 Å². The molecule has 0 unspecified atom stereocenters. The average Bonchev–Trinajstić information content (AvgIpc) is 2.66. The van der Waals surface area contributed by atoms with Crippen LogP contribution in [0, 0.1) is 0 Å². The zero-order valence-corrected chi connectivity index (χ0v) is 16.0. The molecule has 1 N–H and O–H groups in total. The van der Waals surface area contributed by atoms with Crippen LogP contribution in [-0.2, 0) is 9.53 Å². The highest BCUT2D eigenvalue weighted by Gasteiger charge is 2.21. The summed E-state index contributed by atoms with van der Waals surface area (Å²) in [6, 6.07) is 18.2. The summed E-state index contributed by atoms with van der Waals surface area (Å²) in [5.41, 5.74) is 0.871. The number of hydrogen-bond donors (Lipinski definition) is 1. The summed E-state index contributed by atoms with van der Waals surface area (Å²) in [6.45, 7) is 5.06. The topological polar surface area (TPSA) is 41.6 Å². The van der Waals surface area contributed by atoms with Gasteiger partial charge in [0.1, 0.15) is 0 Å². The molecule has 0 spiro atoms. The molecule has 1 fully saturated rings. The van der Waals surface area contributed by atoms with Crippen molar-refractivity contribution < 1.29 is 9.53 Å². The molecule has 1 aliphatic heterocycles. The van der Waals surface area contributed by atoms with Crippen molar-refractivity contribution in [2.24, 2.45) is 0 Å². The van der Waals surface area contributed by atoms with E-state index < -0.39 is 0 Å². The lowest BCUT2D eigenvalue weighted by Crippen LogP contribution is -2.41. The summed E-state index contributed by atoms with van der Waals surface area (Å²) in [6.07, 6.45) is 2.35. The second kappa shape index (κ2) is 9.76. The third kappa shape index (κ3) is 5.59. The summed E-state index contributed by atoms with van der Waals surface area (Å²) < 4.78 is 5.67. The molecule has 0 aromatic heterocycles. The van der Waals surface area contributed by atoms with Crippen molar-refractivity contribution in [3.05, 3.63) is 54.6 Å². The Kier molecular flexibility index (Phi) is 7.12. The van der Waals surface area contributed by atoms with Gasteiger partial charge in [-0.3, -0.25) is 9.69 Å². The van der Waals surface area contributed by atoms with E-state index in [1.807, 2.05) is 49.4 Å². The molecule has 0 radical (unpaired) electrons. The van der Waals surface area contributed by atoms with Crippen LogP contribution in [0.4, 0.5) is 5.69 Å². The Hall–Kier alpha value is -1.82. The predicted molar refractivity (Wildman–Crippen MR) is 107 cm³/mol. The molecule has 3 rings (SSSR count). The van der Waals surface area contributed by atoms with Gasteiger partial charge in [-0.05, 0) is 44.0 Å². The molecule has 1 saturated heterocycles. The highest BCUT2D eigenvalue weighted by molar-refractivity contribution is 7.99. The van der Waals surface area contributed by atoms with Gasteiger partial charge in [-0.2, -0.15) is 0 Å². The van der Waals surface area contributed by atoms with Crippen LogP contribution in [0.15, 0.2) is 64.4 Å². The van der Waals surface area contributed by atoms with Gasteiger partial charge in [0.15, 0.2) is 0 Å². The molecular formula is C21H26N2O2S. The second-order valence-corrected chi connectivity index (χ2v) is 7.51. The summed E-state index contributed by atoms with van der Waals surface area (Å²) in [5, 5.41) is 3.08. The van der Waals surface area contributed by atoms with E-state index >= 15 is 0 Å². The van der Waals surface area contributed by atoms with E-state index in [1.165, 1.54) is 0 Å². The van der Waals surface area contributed by atoms with Gasteiger partial charge in [-0.1, -0.05) is 42.1 Å². The van der Waals surface area contributed by atoms with E-state index in [9.17, 15) is 4.79 Å². The van der Waals surface area contributed by atoms with Gasteiger partial charge >= 0.3 is 0 Å². The SMILES string of the molecule is CCOC1CCN(CC(=O)Nc2ccccc2Sc2ccccc2)CC1. The molecule has 1 aliphatic rings. The number of hydrogen-bond acceptors (Lipinski definition) is 4. The monoisotopic (exact) mass is 370 g/mol. The first-order valence-electron chi connectivity index (χ1n) is 9.20. The van der Waals surface area contributed by atoms with E-state index in [2.05, 4.69) is 22.3 Å². The minimum absolute atomic E-state index is 0.0426. The summed E-state index contributed by atoms with van der Waals surface area (Å²) in [4.78, 5) is 16.9. The van der Waals surface area contributed by atoms with Crippen molar-refractivity contribution >= 4 is 23.4 Å². The third-order valence-electron chi connectivity index (χ3n) is 4.44. The molecule has 138 valence electrons. The molecule has 0 aliphatic carbocycles. The van der Waals surface area contributed by atoms with E-state index in [0.717, 1.165) is 48.0 Å². The largest absolute Gasteiger partial charge is 0.378 e. The average molecular weight is 371 g/mol. The molecule has 1 amide bonds. The van der Waals surface area contributed by atoms with Crippen molar-refractivity contribution in [2.45, 2.75) is 35.7 Å². The lowest BCUT2D eigenvalue weighted by atomic mass is 10.1. The number of anilines is 1. The Morgan fingerprint density at radius 3 is 2.54 bits per heavy atom. The van der Waals surface area contributed by atoms with Crippen molar-refractivity contribution in [3.63, 3.8) is 0 Å². The minimum Gasteiger partial charge on any atom is -0.378 e. The lowest BCUT2D eigenvalue weighted by Gasteiger charge is -2.31. The van der Waals surface area contributed by atoms with Crippen LogP contribution in [-0.4, -0.2) is 43.2 Å². The van der Waals surface area contributed by atoms with Crippen LogP contribution in [0.2, 0.25) is 0 Å². The number of carbonyl (C=O) groups is 1. The number of likely N-dealkylation sites (tertiary alicyclic amines) is 1. The van der Waals surface area contributed by atoms with Crippen molar-refractivity contribution in [3.8, 4) is 0 Å². The van der Waals surface area contributed by atoms with E-state index in [0.29, 0.717) is 12.6 Å². The predicted octanol–water partition coefficient (Wildman–Crippen LogP) is 4.28. The molecule has 2 aromatic rings.